The fourth-order valence-corrected chi connectivity index (χ4v) is 4.33. The molecule has 0 bridgehead atoms. The van der Waals surface area contributed by atoms with Gasteiger partial charge in [0.05, 0.1) is 12.6 Å². The Morgan fingerprint density at radius 2 is 1.61 bits per heavy atom. The number of ether oxygens (including phenoxy) is 2. The summed E-state index contributed by atoms with van der Waals surface area (Å²) in [5.41, 5.74) is -0.0383. The predicted octanol–water partition coefficient (Wildman–Crippen LogP) is 2.55. The van der Waals surface area contributed by atoms with Crippen LogP contribution in [0.5, 0.6) is 0 Å². The zero-order valence-corrected chi connectivity index (χ0v) is 24.7. The van der Waals surface area contributed by atoms with Gasteiger partial charge in [-0.15, -0.1) is 0 Å². The number of nitrogens with one attached hydrogen (secondary N) is 3. The lowest BCUT2D eigenvalue weighted by molar-refractivity contribution is -0.133. The molecule has 11 heteroatoms. The highest BCUT2D eigenvalue weighted by Gasteiger charge is 2.50. The van der Waals surface area contributed by atoms with E-state index in [1.54, 1.807) is 6.92 Å². The van der Waals surface area contributed by atoms with E-state index in [9.17, 15) is 19.2 Å². The van der Waals surface area contributed by atoms with Gasteiger partial charge >= 0.3 is 0 Å². The van der Waals surface area contributed by atoms with Crippen LogP contribution in [0.3, 0.4) is 0 Å². The molecule has 1 aromatic carbocycles. The van der Waals surface area contributed by atoms with E-state index in [2.05, 4.69) is 21.1 Å². The van der Waals surface area contributed by atoms with Gasteiger partial charge in [-0.3, -0.25) is 19.2 Å². The number of hydrogen-bond donors (Lipinski definition) is 3. The van der Waals surface area contributed by atoms with Gasteiger partial charge in [-0.1, -0.05) is 63.2 Å². The van der Waals surface area contributed by atoms with Crippen LogP contribution < -0.4 is 16.0 Å². The summed E-state index contributed by atoms with van der Waals surface area (Å²) in [6.07, 6.45) is 0.769. The summed E-state index contributed by atoms with van der Waals surface area (Å²) in [5, 5.41) is 12.2. The molecule has 1 unspecified atom stereocenters. The van der Waals surface area contributed by atoms with Crippen LogP contribution in [0, 0.1) is 5.92 Å². The minimum Gasteiger partial charge on any atom is -0.385 e. The van der Waals surface area contributed by atoms with Crippen molar-refractivity contribution >= 4 is 23.5 Å². The molecule has 2 aromatic rings. The first-order valence-electron chi connectivity index (χ1n) is 14.0. The van der Waals surface area contributed by atoms with Gasteiger partial charge in [0.15, 0.2) is 11.5 Å². The van der Waals surface area contributed by atoms with Crippen molar-refractivity contribution in [1.29, 1.82) is 0 Å². The van der Waals surface area contributed by atoms with E-state index in [0.717, 1.165) is 5.56 Å². The first-order chi connectivity index (χ1) is 19.4. The molecule has 224 valence electrons. The number of methoxy groups -OCH3 is 1. The van der Waals surface area contributed by atoms with E-state index in [1.807, 2.05) is 58.0 Å². The molecule has 1 fully saturated rings. The van der Waals surface area contributed by atoms with Crippen molar-refractivity contribution < 1.29 is 33.2 Å². The molecule has 3 amide bonds. The molecule has 4 atom stereocenters. The van der Waals surface area contributed by atoms with Gasteiger partial charge in [0.2, 0.25) is 11.8 Å². The zero-order valence-electron chi connectivity index (χ0n) is 24.7. The van der Waals surface area contributed by atoms with Crippen LogP contribution in [-0.4, -0.2) is 72.7 Å². The standard InChI is InChI=1S/C30H42N4O7/c1-18(2)14-22(26(35)30(5)17-40-30)32-28(37)23(15-20-10-8-7-9-11-20)33-27(36)21(12-13-39-6)31-29(38)24-16-25(19(3)4)41-34-24/h7-11,16,18-19,21-23H,12-15,17H2,1-6H3,(H,31,38)(H,32,37)(H,33,36)/t21-,22?,23-,30+/m0/s1. The fraction of sp³-hybridized carbons (Fsp3) is 0.567. The maximum atomic E-state index is 13.6. The summed E-state index contributed by atoms with van der Waals surface area (Å²) in [7, 11) is 1.49. The smallest absolute Gasteiger partial charge is 0.274 e. The van der Waals surface area contributed by atoms with Crippen LogP contribution in [0.1, 0.15) is 75.2 Å². The van der Waals surface area contributed by atoms with E-state index in [-0.39, 0.29) is 42.8 Å². The first-order valence-corrected chi connectivity index (χ1v) is 14.0. The molecule has 0 radical (unpaired) electrons. The molecular weight excluding hydrogens is 528 g/mol. The number of carbonyl (C=O) groups is 4. The Bertz CT molecular complexity index is 1190. The van der Waals surface area contributed by atoms with Crippen molar-refractivity contribution in [2.24, 2.45) is 5.92 Å². The Kier molecular flexibility index (Phi) is 11.2. The van der Waals surface area contributed by atoms with Gasteiger partial charge in [0, 0.05) is 32.1 Å². The summed E-state index contributed by atoms with van der Waals surface area (Å²) in [6.45, 7) is 9.96. The Labute approximate surface area is 241 Å². The topological polar surface area (TPSA) is 152 Å². The molecule has 11 nitrogen and oxygen atoms in total. The normalized spacial score (nSPS) is 18.4. The SMILES string of the molecule is COCC[C@H](NC(=O)c1cc(C(C)C)on1)C(=O)N[C@@H](Cc1ccccc1)C(=O)NC(CC(C)C)C(=O)[C@@]1(C)CO1. The van der Waals surface area contributed by atoms with Gasteiger partial charge in [-0.2, -0.15) is 0 Å². The number of benzene rings is 1. The van der Waals surface area contributed by atoms with Gasteiger partial charge in [-0.05, 0) is 31.2 Å². The van der Waals surface area contributed by atoms with Crippen LogP contribution in [-0.2, 0) is 30.3 Å². The van der Waals surface area contributed by atoms with Crippen LogP contribution >= 0.6 is 0 Å². The fourth-order valence-electron chi connectivity index (χ4n) is 4.33. The lowest BCUT2D eigenvalue weighted by Gasteiger charge is -2.26. The number of carbonyl (C=O) groups excluding carboxylic acids is 4. The largest absolute Gasteiger partial charge is 0.385 e. The lowest BCUT2D eigenvalue weighted by atomic mass is 9.93. The van der Waals surface area contributed by atoms with Gasteiger partial charge in [0.25, 0.3) is 5.91 Å². The number of epoxide rings is 1. The average Bonchev–Trinajstić information content (AvgIpc) is 3.48. The van der Waals surface area contributed by atoms with E-state index in [0.29, 0.717) is 18.8 Å². The molecule has 0 spiro atoms. The highest BCUT2D eigenvalue weighted by molar-refractivity contribution is 5.99. The van der Waals surface area contributed by atoms with Crippen molar-refractivity contribution in [2.45, 2.75) is 83.5 Å². The van der Waals surface area contributed by atoms with Crippen molar-refractivity contribution in [3.63, 3.8) is 0 Å². The Morgan fingerprint density at radius 1 is 0.976 bits per heavy atom. The van der Waals surface area contributed by atoms with Crippen molar-refractivity contribution in [3.05, 3.63) is 53.4 Å². The second-order valence-electron chi connectivity index (χ2n) is 11.4. The lowest BCUT2D eigenvalue weighted by Crippen LogP contribution is -2.57. The quantitative estimate of drug-likeness (QED) is 0.261. The average molecular weight is 571 g/mol. The van der Waals surface area contributed by atoms with Crippen molar-refractivity contribution in [1.82, 2.24) is 21.1 Å². The number of aromatic nitrogens is 1. The van der Waals surface area contributed by atoms with E-state index >= 15 is 0 Å². The monoisotopic (exact) mass is 570 g/mol. The predicted molar refractivity (Wildman–Crippen MR) is 151 cm³/mol. The minimum absolute atomic E-state index is 0.0364. The van der Waals surface area contributed by atoms with Gasteiger partial charge in [-0.25, -0.2) is 0 Å². The van der Waals surface area contributed by atoms with Gasteiger partial charge < -0.3 is 29.9 Å². The molecule has 1 aliphatic rings. The molecule has 41 heavy (non-hydrogen) atoms. The number of Topliss-reactive ketones (excluding diaryl/α,β-unsaturated/α-hetero) is 1. The van der Waals surface area contributed by atoms with E-state index < -0.39 is 41.4 Å². The molecule has 2 heterocycles. The van der Waals surface area contributed by atoms with Crippen LogP contribution in [0.2, 0.25) is 0 Å². The third-order valence-corrected chi connectivity index (χ3v) is 6.92. The number of hydrogen-bond acceptors (Lipinski definition) is 8. The number of rotatable bonds is 16. The highest BCUT2D eigenvalue weighted by Crippen LogP contribution is 2.29. The molecule has 1 saturated heterocycles. The molecule has 0 aliphatic carbocycles. The van der Waals surface area contributed by atoms with E-state index in [1.165, 1.54) is 13.2 Å². The molecule has 1 aromatic heterocycles. The second kappa shape index (κ2) is 14.4. The van der Waals surface area contributed by atoms with Gasteiger partial charge in [0.1, 0.15) is 23.4 Å². The number of amides is 3. The maximum Gasteiger partial charge on any atom is 0.274 e. The highest BCUT2D eigenvalue weighted by atomic mass is 16.6. The maximum absolute atomic E-state index is 13.6. The summed E-state index contributed by atoms with van der Waals surface area (Å²) in [6, 6.07) is 7.98. The molecule has 3 N–H and O–H groups in total. The van der Waals surface area contributed by atoms with Crippen LogP contribution in [0.15, 0.2) is 40.9 Å². The zero-order chi connectivity index (χ0) is 30.2. The molecular formula is C30H42N4O7. The van der Waals surface area contributed by atoms with Crippen LogP contribution in [0.4, 0.5) is 0 Å². The first kappa shape index (κ1) is 32.0. The molecule has 0 saturated carbocycles. The molecule has 3 rings (SSSR count). The van der Waals surface area contributed by atoms with Crippen molar-refractivity contribution in [2.75, 3.05) is 20.3 Å². The minimum atomic E-state index is -1.01. The summed E-state index contributed by atoms with van der Waals surface area (Å²) < 4.78 is 15.7. The summed E-state index contributed by atoms with van der Waals surface area (Å²) in [4.78, 5) is 53.2. The third-order valence-electron chi connectivity index (χ3n) is 6.92. The number of nitrogens with zero attached hydrogens (tertiary/aromatic N) is 1. The number of ketones is 1. The van der Waals surface area contributed by atoms with Crippen molar-refractivity contribution in [3.8, 4) is 0 Å². The summed E-state index contributed by atoms with van der Waals surface area (Å²) in [5.74, 6) is -1.12. The Morgan fingerprint density at radius 3 is 2.17 bits per heavy atom. The van der Waals surface area contributed by atoms with E-state index in [4.69, 9.17) is 14.0 Å². The third kappa shape index (κ3) is 9.22. The summed E-state index contributed by atoms with van der Waals surface area (Å²) >= 11 is 0. The Hall–Kier alpha value is -3.57. The second-order valence-corrected chi connectivity index (χ2v) is 11.4. The Balaban J connectivity index is 1.79. The molecule has 1 aliphatic heterocycles. The van der Waals surface area contributed by atoms with Crippen LogP contribution in [0.25, 0.3) is 0 Å².